The maximum absolute atomic E-state index is 5.30. The third-order valence-corrected chi connectivity index (χ3v) is 2.89. The van der Waals surface area contributed by atoms with Crippen molar-refractivity contribution >= 4 is 0 Å². The van der Waals surface area contributed by atoms with Gasteiger partial charge in [-0.3, -0.25) is 4.90 Å². The zero-order chi connectivity index (χ0) is 9.64. The van der Waals surface area contributed by atoms with Gasteiger partial charge in [0.2, 0.25) is 0 Å². The molecule has 0 spiro atoms. The third kappa shape index (κ3) is 3.20. The normalized spacial score (nSPS) is 29.6. The summed E-state index contributed by atoms with van der Waals surface area (Å²) in [4.78, 5) is 2.45. The largest absolute Gasteiger partial charge is 0.380 e. The van der Waals surface area contributed by atoms with Crippen molar-refractivity contribution in [2.75, 3.05) is 52.6 Å². The Hall–Kier alpha value is -0.160. The number of nitrogens with one attached hydrogen (secondary N) is 1. The molecule has 2 aliphatic rings. The number of ether oxygens (including phenoxy) is 2. The van der Waals surface area contributed by atoms with E-state index in [2.05, 4.69) is 10.2 Å². The van der Waals surface area contributed by atoms with Gasteiger partial charge in [0.15, 0.2) is 0 Å². The highest BCUT2D eigenvalue weighted by atomic mass is 16.5. The first kappa shape index (κ1) is 10.4. The summed E-state index contributed by atoms with van der Waals surface area (Å²) in [5.74, 6) is 0. The van der Waals surface area contributed by atoms with Gasteiger partial charge in [0.05, 0.1) is 19.8 Å². The van der Waals surface area contributed by atoms with Gasteiger partial charge in [-0.15, -0.1) is 0 Å². The molecule has 2 rings (SSSR count). The van der Waals surface area contributed by atoms with Crippen LogP contribution < -0.4 is 5.32 Å². The minimum atomic E-state index is 0.594. The van der Waals surface area contributed by atoms with Crippen molar-refractivity contribution in [3.8, 4) is 0 Å². The molecule has 2 heterocycles. The van der Waals surface area contributed by atoms with E-state index in [1.54, 1.807) is 0 Å². The molecule has 4 heteroatoms. The summed E-state index contributed by atoms with van der Waals surface area (Å²) in [7, 11) is 0. The van der Waals surface area contributed by atoms with Gasteiger partial charge in [0, 0.05) is 38.8 Å². The number of hydrogen-bond donors (Lipinski definition) is 1. The van der Waals surface area contributed by atoms with Crippen molar-refractivity contribution in [1.29, 1.82) is 0 Å². The lowest BCUT2D eigenvalue weighted by atomic mass is 10.2. The number of morpholine rings is 1. The summed E-state index contributed by atoms with van der Waals surface area (Å²) < 4.78 is 10.6. The van der Waals surface area contributed by atoms with E-state index in [1.165, 1.54) is 6.42 Å². The van der Waals surface area contributed by atoms with Crippen LogP contribution in [0.4, 0.5) is 0 Å². The summed E-state index contributed by atoms with van der Waals surface area (Å²) in [6.07, 6.45) is 1.17. The summed E-state index contributed by atoms with van der Waals surface area (Å²) in [6, 6.07) is 0.594. The Morgan fingerprint density at radius 1 is 1.14 bits per heavy atom. The van der Waals surface area contributed by atoms with E-state index in [0.29, 0.717) is 6.04 Å². The lowest BCUT2D eigenvalue weighted by Gasteiger charge is -2.27. The fourth-order valence-electron chi connectivity index (χ4n) is 1.95. The molecule has 0 aromatic carbocycles. The van der Waals surface area contributed by atoms with Gasteiger partial charge in [-0.2, -0.15) is 0 Å². The molecule has 82 valence electrons. The van der Waals surface area contributed by atoms with Gasteiger partial charge in [-0.25, -0.2) is 0 Å². The molecule has 2 aliphatic heterocycles. The Bertz CT molecular complexity index is 154. The molecule has 14 heavy (non-hydrogen) atoms. The van der Waals surface area contributed by atoms with E-state index in [1.807, 2.05) is 0 Å². The van der Waals surface area contributed by atoms with Crippen molar-refractivity contribution in [1.82, 2.24) is 10.2 Å². The molecule has 4 nitrogen and oxygen atoms in total. The zero-order valence-electron chi connectivity index (χ0n) is 8.71. The van der Waals surface area contributed by atoms with Crippen molar-refractivity contribution in [2.45, 2.75) is 12.5 Å². The Kier molecular flexibility index (Phi) is 4.19. The van der Waals surface area contributed by atoms with Gasteiger partial charge >= 0.3 is 0 Å². The van der Waals surface area contributed by atoms with Crippen LogP contribution in [0.3, 0.4) is 0 Å². The summed E-state index contributed by atoms with van der Waals surface area (Å²) >= 11 is 0. The van der Waals surface area contributed by atoms with E-state index in [4.69, 9.17) is 9.47 Å². The molecule has 0 aliphatic carbocycles. The second kappa shape index (κ2) is 5.66. The first-order valence-corrected chi connectivity index (χ1v) is 5.56. The summed E-state index contributed by atoms with van der Waals surface area (Å²) in [5.41, 5.74) is 0. The lowest BCUT2D eigenvalue weighted by Crippen LogP contribution is -2.42. The Morgan fingerprint density at radius 3 is 2.71 bits per heavy atom. The van der Waals surface area contributed by atoms with E-state index in [-0.39, 0.29) is 0 Å². The first-order valence-electron chi connectivity index (χ1n) is 5.56. The molecule has 0 bridgehead atoms. The number of rotatable bonds is 4. The quantitative estimate of drug-likeness (QED) is 0.675. The van der Waals surface area contributed by atoms with Crippen LogP contribution in [0.25, 0.3) is 0 Å². The van der Waals surface area contributed by atoms with Gasteiger partial charge in [0.1, 0.15) is 0 Å². The van der Waals surface area contributed by atoms with Crippen LogP contribution in [0.1, 0.15) is 6.42 Å². The maximum atomic E-state index is 5.30. The molecular weight excluding hydrogens is 180 g/mol. The SMILES string of the molecule is C(CN1CCOCC1)NC1CCOC1. The first-order chi connectivity index (χ1) is 6.95. The molecule has 0 aromatic heterocycles. The van der Waals surface area contributed by atoms with E-state index in [9.17, 15) is 0 Å². The fraction of sp³-hybridized carbons (Fsp3) is 1.00. The highest BCUT2D eigenvalue weighted by Gasteiger charge is 2.15. The molecule has 1 atom stereocenters. The molecular formula is C10H20N2O2. The molecule has 0 aromatic rings. The molecule has 2 fully saturated rings. The van der Waals surface area contributed by atoms with Crippen LogP contribution in [0, 0.1) is 0 Å². The standard InChI is InChI=1S/C10H20N2O2/c1-6-14-9-10(1)11-2-3-12-4-7-13-8-5-12/h10-11H,1-9H2. The third-order valence-electron chi connectivity index (χ3n) is 2.89. The monoisotopic (exact) mass is 200 g/mol. The van der Waals surface area contributed by atoms with Gasteiger partial charge in [-0.1, -0.05) is 0 Å². The molecule has 0 amide bonds. The van der Waals surface area contributed by atoms with E-state index < -0.39 is 0 Å². The van der Waals surface area contributed by atoms with E-state index >= 15 is 0 Å². The van der Waals surface area contributed by atoms with Gasteiger partial charge in [-0.05, 0) is 6.42 Å². The highest BCUT2D eigenvalue weighted by Crippen LogP contribution is 2.02. The minimum absolute atomic E-state index is 0.594. The van der Waals surface area contributed by atoms with Crippen LogP contribution in [0.5, 0.6) is 0 Å². The summed E-state index contributed by atoms with van der Waals surface area (Å²) in [6.45, 7) is 8.00. The molecule has 1 N–H and O–H groups in total. The van der Waals surface area contributed by atoms with Crippen LogP contribution >= 0.6 is 0 Å². The molecule has 0 radical (unpaired) electrons. The summed E-state index contributed by atoms with van der Waals surface area (Å²) in [5, 5.41) is 3.52. The number of nitrogens with zero attached hydrogens (tertiary/aromatic N) is 1. The molecule has 2 saturated heterocycles. The average Bonchev–Trinajstić information content (AvgIpc) is 2.72. The lowest BCUT2D eigenvalue weighted by molar-refractivity contribution is 0.0381. The van der Waals surface area contributed by atoms with Crippen LogP contribution in [0.15, 0.2) is 0 Å². The Balaban J connectivity index is 1.52. The van der Waals surface area contributed by atoms with Gasteiger partial charge < -0.3 is 14.8 Å². The zero-order valence-corrected chi connectivity index (χ0v) is 8.71. The predicted octanol–water partition coefficient (Wildman–Crippen LogP) is -0.303. The highest BCUT2D eigenvalue weighted by molar-refractivity contribution is 4.72. The van der Waals surface area contributed by atoms with Crippen molar-refractivity contribution in [3.05, 3.63) is 0 Å². The van der Waals surface area contributed by atoms with Gasteiger partial charge in [0.25, 0.3) is 0 Å². The number of hydrogen-bond acceptors (Lipinski definition) is 4. The minimum Gasteiger partial charge on any atom is -0.380 e. The average molecular weight is 200 g/mol. The predicted molar refractivity (Wildman–Crippen MR) is 54.5 cm³/mol. The van der Waals surface area contributed by atoms with E-state index in [0.717, 1.165) is 52.6 Å². The topological polar surface area (TPSA) is 33.7 Å². The fourth-order valence-corrected chi connectivity index (χ4v) is 1.95. The van der Waals surface area contributed by atoms with Crippen LogP contribution in [0.2, 0.25) is 0 Å². The second-order valence-electron chi connectivity index (χ2n) is 3.97. The van der Waals surface area contributed by atoms with Crippen molar-refractivity contribution in [2.24, 2.45) is 0 Å². The molecule has 1 unspecified atom stereocenters. The molecule has 0 saturated carbocycles. The Morgan fingerprint density at radius 2 is 2.00 bits per heavy atom. The Labute approximate surface area is 85.5 Å². The maximum Gasteiger partial charge on any atom is 0.0620 e. The van der Waals surface area contributed by atoms with Crippen LogP contribution in [-0.2, 0) is 9.47 Å². The van der Waals surface area contributed by atoms with Crippen molar-refractivity contribution in [3.63, 3.8) is 0 Å². The van der Waals surface area contributed by atoms with Crippen molar-refractivity contribution < 1.29 is 9.47 Å². The van der Waals surface area contributed by atoms with Crippen LogP contribution in [-0.4, -0.2) is 63.5 Å². The second-order valence-corrected chi connectivity index (χ2v) is 3.97. The smallest absolute Gasteiger partial charge is 0.0620 e.